The van der Waals surface area contributed by atoms with Crippen molar-refractivity contribution >= 4 is 0 Å². The Morgan fingerprint density at radius 1 is 1.14 bits per heavy atom. The normalized spacial score (nSPS) is 18.1. The topological polar surface area (TPSA) is 23.5 Å². The van der Waals surface area contributed by atoms with Gasteiger partial charge in [-0.15, -0.1) is 0 Å². The molecule has 0 aromatic heterocycles. The van der Waals surface area contributed by atoms with Gasteiger partial charge in [-0.2, -0.15) is 0 Å². The summed E-state index contributed by atoms with van der Waals surface area (Å²) in [7, 11) is 0. The maximum atomic E-state index is 13.3. The van der Waals surface area contributed by atoms with Crippen molar-refractivity contribution in [1.82, 2.24) is 4.90 Å². The first kappa shape index (κ1) is 16.4. The molecule has 1 aromatic rings. The molecule has 4 heteroatoms. The molecule has 2 nitrogen and oxygen atoms in total. The Kier molecular flexibility index (Phi) is 5.33. The lowest BCUT2D eigenvalue weighted by atomic mass is 9.81. The van der Waals surface area contributed by atoms with Crippen LogP contribution in [0.5, 0.6) is 0 Å². The first-order valence-electron chi connectivity index (χ1n) is 7.90. The van der Waals surface area contributed by atoms with Gasteiger partial charge < -0.3 is 5.11 Å². The summed E-state index contributed by atoms with van der Waals surface area (Å²) in [4.78, 5) is 2.37. The summed E-state index contributed by atoms with van der Waals surface area (Å²) < 4.78 is 26.3. The molecule has 118 valence electrons. The highest BCUT2D eigenvalue weighted by Crippen LogP contribution is 2.33. The maximum absolute atomic E-state index is 13.3. The van der Waals surface area contributed by atoms with Crippen LogP contribution in [0.1, 0.15) is 45.1 Å². The number of nitrogens with zero attached hydrogens (tertiary/aromatic N) is 1. The van der Waals surface area contributed by atoms with Crippen LogP contribution in [0.2, 0.25) is 0 Å². The van der Waals surface area contributed by atoms with E-state index in [4.69, 9.17) is 0 Å². The van der Waals surface area contributed by atoms with Crippen molar-refractivity contribution in [1.29, 1.82) is 0 Å². The standard InChI is InChI=1S/C17H25F2NO/c1-3-17(4-2,20-9-5-6-10-20)16(21)12-13-7-8-14(18)15(19)11-13/h7-8,11,16,21H,3-6,9-10,12H2,1-2H3. The van der Waals surface area contributed by atoms with Gasteiger partial charge in [-0.25, -0.2) is 8.78 Å². The van der Waals surface area contributed by atoms with Crippen LogP contribution in [0, 0.1) is 11.6 Å². The van der Waals surface area contributed by atoms with E-state index in [9.17, 15) is 13.9 Å². The van der Waals surface area contributed by atoms with Gasteiger partial charge in [-0.3, -0.25) is 4.90 Å². The van der Waals surface area contributed by atoms with Gasteiger partial charge in [0.2, 0.25) is 0 Å². The third-order valence-electron chi connectivity index (χ3n) is 4.99. The maximum Gasteiger partial charge on any atom is 0.159 e. The van der Waals surface area contributed by atoms with E-state index in [1.54, 1.807) is 6.07 Å². The van der Waals surface area contributed by atoms with E-state index in [0.717, 1.165) is 32.0 Å². The Balaban J connectivity index is 2.17. The lowest BCUT2D eigenvalue weighted by Gasteiger charge is -2.44. The molecule has 1 fully saturated rings. The second-order valence-electron chi connectivity index (χ2n) is 5.97. The summed E-state index contributed by atoms with van der Waals surface area (Å²) in [5.74, 6) is -1.69. The smallest absolute Gasteiger partial charge is 0.159 e. The van der Waals surface area contributed by atoms with Crippen LogP contribution in [-0.2, 0) is 6.42 Å². The van der Waals surface area contributed by atoms with E-state index >= 15 is 0 Å². The summed E-state index contributed by atoms with van der Waals surface area (Å²) in [6.07, 6.45) is 3.83. The van der Waals surface area contributed by atoms with Gasteiger partial charge in [0.05, 0.1) is 6.10 Å². The Labute approximate surface area is 125 Å². The molecule has 1 heterocycles. The minimum atomic E-state index is -0.848. The molecule has 1 atom stereocenters. The minimum absolute atomic E-state index is 0.263. The lowest BCUT2D eigenvalue weighted by molar-refractivity contribution is -0.0270. The van der Waals surface area contributed by atoms with Gasteiger partial charge in [-0.1, -0.05) is 19.9 Å². The first-order valence-corrected chi connectivity index (χ1v) is 7.90. The monoisotopic (exact) mass is 297 g/mol. The van der Waals surface area contributed by atoms with Crippen molar-refractivity contribution in [3.63, 3.8) is 0 Å². The van der Waals surface area contributed by atoms with E-state index in [1.165, 1.54) is 18.9 Å². The molecule has 0 amide bonds. The number of aliphatic hydroxyl groups excluding tert-OH is 1. The predicted molar refractivity (Wildman–Crippen MR) is 80.2 cm³/mol. The highest BCUT2D eigenvalue weighted by atomic mass is 19.2. The molecule has 1 N–H and O–H groups in total. The van der Waals surface area contributed by atoms with E-state index in [2.05, 4.69) is 18.7 Å². The quantitative estimate of drug-likeness (QED) is 0.868. The predicted octanol–water partition coefficient (Wildman–Crippen LogP) is 3.52. The second kappa shape index (κ2) is 6.84. The molecule has 1 unspecified atom stereocenters. The highest BCUT2D eigenvalue weighted by Gasteiger charge is 2.41. The summed E-state index contributed by atoms with van der Waals surface area (Å²) in [6, 6.07) is 3.88. The number of hydrogen-bond acceptors (Lipinski definition) is 2. The Bertz CT molecular complexity index is 468. The van der Waals surface area contributed by atoms with Crippen LogP contribution in [0.25, 0.3) is 0 Å². The van der Waals surface area contributed by atoms with Crippen molar-refractivity contribution < 1.29 is 13.9 Å². The van der Waals surface area contributed by atoms with Gasteiger partial charge in [0.15, 0.2) is 11.6 Å². The summed E-state index contributed by atoms with van der Waals surface area (Å²) in [5, 5.41) is 10.8. The van der Waals surface area contributed by atoms with Crippen molar-refractivity contribution in [2.45, 2.75) is 57.6 Å². The average Bonchev–Trinajstić information content (AvgIpc) is 3.00. The fourth-order valence-corrected chi connectivity index (χ4v) is 3.62. The fraction of sp³-hybridized carbons (Fsp3) is 0.647. The zero-order chi connectivity index (χ0) is 15.5. The molecule has 0 saturated carbocycles. The van der Waals surface area contributed by atoms with E-state index in [-0.39, 0.29) is 5.54 Å². The van der Waals surface area contributed by atoms with Gasteiger partial charge in [0.1, 0.15) is 0 Å². The van der Waals surface area contributed by atoms with E-state index in [1.807, 2.05) is 0 Å². The number of rotatable bonds is 6. The third kappa shape index (κ3) is 3.27. The molecular formula is C17H25F2NO. The first-order chi connectivity index (χ1) is 10.0. The van der Waals surface area contributed by atoms with Crippen LogP contribution in [0.15, 0.2) is 18.2 Å². The van der Waals surface area contributed by atoms with Gasteiger partial charge in [-0.05, 0) is 56.5 Å². The third-order valence-corrected chi connectivity index (χ3v) is 4.99. The fourth-order valence-electron chi connectivity index (χ4n) is 3.62. The largest absolute Gasteiger partial charge is 0.391 e. The van der Waals surface area contributed by atoms with Crippen molar-refractivity contribution in [2.24, 2.45) is 0 Å². The zero-order valence-electron chi connectivity index (χ0n) is 12.9. The molecule has 1 aliphatic heterocycles. The molecule has 0 bridgehead atoms. The Morgan fingerprint density at radius 3 is 2.29 bits per heavy atom. The molecule has 0 spiro atoms. The molecule has 21 heavy (non-hydrogen) atoms. The molecule has 2 rings (SSSR count). The van der Waals surface area contributed by atoms with Crippen LogP contribution in [-0.4, -0.2) is 34.7 Å². The van der Waals surface area contributed by atoms with Crippen LogP contribution in [0.4, 0.5) is 8.78 Å². The Hall–Kier alpha value is -1.00. The molecule has 0 aliphatic carbocycles. The highest BCUT2D eigenvalue weighted by molar-refractivity contribution is 5.19. The molecule has 0 radical (unpaired) electrons. The zero-order valence-corrected chi connectivity index (χ0v) is 12.9. The van der Waals surface area contributed by atoms with E-state index < -0.39 is 17.7 Å². The molecule has 1 saturated heterocycles. The van der Waals surface area contributed by atoms with Crippen molar-refractivity contribution in [3.05, 3.63) is 35.4 Å². The number of likely N-dealkylation sites (tertiary alicyclic amines) is 1. The van der Waals surface area contributed by atoms with E-state index in [0.29, 0.717) is 12.0 Å². The molecule has 1 aliphatic rings. The molecule has 1 aromatic carbocycles. The Morgan fingerprint density at radius 2 is 1.76 bits per heavy atom. The minimum Gasteiger partial charge on any atom is -0.391 e. The second-order valence-corrected chi connectivity index (χ2v) is 5.97. The number of benzene rings is 1. The van der Waals surface area contributed by atoms with Gasteiger partial charge in [0, 0.05) is 12.0 Å². The van der Waals surface area contributed by atoms with Crippen LogP contribution < -0.4 is 0 Å². The van der Waals surface area contributed by atoms with Crippen molar-refractivity contribution in [2.75, 3.05) is 13.1 Å². The number of hydrogen-bond donors (Lipinski definition) is 1. The van der Waals surface area contributed by atoms with Gasteiger partial charge >= 0.3 is 0 Å². The summed E-state index contributed by atoms with van der Waals surface area (Å²) >= 11 is 0. The lowest BCUT2D eigenvalue weighted by Crippen LogP contribution is -2.55. The average molecular weight is 297 g/mol. The number of aliphatic hydroxyl groups is 1. The van der Waals surface area contributed by atoms with Crippen LogP contribution >= 0.6 is 0 Å². The summed E-state index contributed by atoms with van der Waals surface area (Å²) in [6.45, 7) is 6.21. The van der Waals surface area contributed by atoms with Gasteiger partial charge in [0.25, 0.3) is 0 Å². The van der Waals surface area contributed by atoms with Crippen LogP contribution in [0.3, 0.4) is 0 Å². The summed E-state index contributed by atoms with van der Waals surface area (Å²) in [5.41, 5.74) is 0.383. The van der Waals surface area contributed by atoms with Crippen molar-refractivity contribution in [3.8, 4) is 0 Å². The number of halogens is 2. The SMILES string of the molecule is CCC(CC)(C(O)Cc1ccc(F)c(F)c1)N1CCCC1. The molecular weight excluding hydrogens is 272 g/mol.